The highest BCUT2D eigenvalue weighted by molar-refractivity contribution is 7.22. The molecular formula is C21H25FN4OS. The Morgan fingerprint density at radius 3 is 2.61 bits per heavy atom. The molecule has 7 heteroatoms. The molecule has 1 aromatic heterocycles. The molecule has 0 aliphatic carbocycles. The highest BCUT2D eigenvalue weighted by Gasteiger charge is 2.19. The van der Waals surface area contributed by atoms with Gasteiger partial charge in [-0.3, -0.25) is 4.90 Å². The molecule has 1 aliphatic heterocycles. The van der Waals surface area contributed by atoms with E-state index in [0.717, 1.165) is 41.5 Å². The number of hydrogen-bond acceptors (Lipinski definition) is 6. The molecule has 2 heterocycles. The zero-order valence-corrected chi connectivity index (χ0v) is 17.2. The minimum absolute atomic E-state index is 0.313. The number of ether oxygens (including phenoxy) is 1. The fourth-order valence-corrected chi connectivity index (χ4v) is 4.41. The number of nitrogens with zero attached hydrogens (tertiary/aromatic N) is 3. The van der Waals surface area contributed by atoms with Crippen molar-refractivity contribution in [3.63, 3.8) is 0 Å². The first-order chi connectivity index (χ1) is 13.5. The number of methoxy groups -OCH3 is 1. The van der Waals surface area contributed by atoms with Crippen molar-refractivity contribution in [2.45, 2.75) is 19.9 Å². The molecule has 2 aromatic carbocycles. The summed E-state index contributed by atoms with van der Waals surface area (Å²) in [7, 11) is 1.57. The van der Waals surface area contributed by atoms with E-state index in [-0.39, 0.29) is 5.82 Å². The van der Waals surface area contributed by atoms with Gasteiger partial charge in [0.1, 0.15) is 11.6 Å². The molecular weight excluding hydrogens is 375 g/mol. The van der Waals surface area contributed by atoms with Crippen molar-refractivity contribution in [3.8, 4) is 5.75 Å². The predicted octanol–water partition coefficient (Wildman–Crippen LogP) is 4.72. The third kappa shape index (κ3) is 3.91. The van der Waals surface area contributed by atoms with Gasteiger partial charge in [0.25, 0.3) is 0 Å². The van der Waals surface area contributed by atoms with E-state index in [4.69, 9.17) is 9.72 Å². The Bertz CT molecular complexity index is 966. The van der Waals surface area contributed by atoms with Crippen molar-refractivity contribution in [2.75, 3.05) is 43.5 Å². The third-order valence-corrected chi connectivity index (χ3v) is 6.14. The number of fused-ring (bicyclic) bond motifs is 1. The molecule has 0 saturated carbocycles. The first-order valence-corrected chi connectivity index (χ1v) is 10.4. The maximum Gasteiger partial charge on any atom is 0.188 e. The van der Waals surface area contributed by atoms with Crippen LogP contribution >= 0.6 is 11.3 Å². The minimum Gasteiger partial charge on any atom is -0.495 e. The molecule has 3 aromatic rings. The van der Waals surface area contributed by atoms with Crippen LogP contribution in [0, 0.1) is 5.82 Å². The van der Waals surface area contributed by atoms with Gasteiger partial charge in [0.2, 0.25) is 0 Å². The summed E-state index contributed by atoms with van der Waals surface area (Å²) in [5.74, 6) is 0.275. The highest BCUT2D eigenvalue weighted by atomic mass is 32.1. The summed E-state index contributed by atoms with van der Waals surface area (Å²) in [6, 6.07) is 11.4. The number of halogens is 1. The van der Waals surface area contributed by atoms with E-state index in [1.165, 1.54) is 17.8 Å². The number of nitrogens with one attached hydrogen (secondary N) is 1. The van der Waals surface area contributed by atoms with Crippen LogP contribution in [0.1, 0.15) is 13.8 Å². The Morgan fingerprint density at radius 1 is 1.11 bits per heavy atom. The molecule has 0 radical (unpaired) electrons. The normalized spacial score (nSPS) is 15.4. The van der Waals surface area contributed by atoms with Gasteiger partial charge in [-0.05, 0) is 44.2 Å². The molecule has 1 saturated heterocycles. The van der Waals surface area contributed by atoms with Crippen LogP contribution in [0.3, 0.4) is 0 Å². The lowest BCUT2D eigenvalue weighted by atomic mass is 10.2. The number of anilines is 3. The molecule has 5 nitrogen and oxygen atoms in total. The molecule has 28 heavy (non-hydrogen) atoms. The summed E-state index contributed by atoms with van der Waals surface area (Å²) in [5.41, 5.74) is 2.73. The lowest BCUT2D eigenvalue weighted by Gasteiger charge is -2.38. The topological polar surface area (TPSA) is 40.6 Å². The maximum atomic E-state index is 13.6. The van der Waals surface area contributed by atoms with Crippen LogP contribution in [0.2, 0.25) is 0 Å². The van der Waals surface area contributed by atoms with Crippen LogP contribution in [0.4, 0.5) is 20.9 Å². The molecule has 1 fully saturated rings. The van der Waals surface area contributed by atoms with Gasteiger partial charge in [-0.15, -0.1) is 0 Å². The third-order valence-electron chi connectivity index (χ3n) is 5.18. The fourth-order valence-electron chi connectivity index (χ4n) is 3.56. The van der Waals surface area contributed by atoms with E-state index in [0.29, 0.717) is 17.5 Å². The minimum atomic E-state index is -0.313. The Morgan fingerprint density at radius 2 is 1.89 bits per heavy atom. The lowest BCUT2D eigenvalue weighted by molar-refractivity contribution is 0.209. The average molecular weight is 401 g/mol. The van der Waals surface area contributed by atoms with Gasteiger partial charge in [0.15, 0.2) is 5.13 Å². The van der Waals surface area contributed by atoms with Crippen LogP contribution in [0.5, 0.6) is 5.75 Å². The summed E-state index contributed by atoms with van der Waals surface area (Å²) in [6.07, 6.45) is 0. The largest absolute Gasteiger partial charge is 0.495 e. The maximum absolute atomic E-state index is 13.6. The second-order valence-corrected chi connectivity index (χ2v) is 8.29. The van der Waals surface area contributed by atoms with Gasteiger partial charge in [-0.1, -0.05) is 11.3 Å². The standard InChI is InChI=1S/C21H25FN4OS/c1-14(2)25-8-10-26(11-9-25)16-5-7-20-18(13-16)24-21(28-20)23-17-12-15(22)4-6-19(17)27-3/h4-7,12-14H,8-11H2,1-3H3,(H,23,24). The Balaban J connectivity index is 1.53. The van der Waals surface area contributed by atoms with E-state index in [2.05, 4.69) is 47.2 Å². The summed E-state index contributed by atoms with van der Waals surface area (Å²) in [4.78, 5) is 9.63. The van der Waals surface area contributed by atoms with Crippen LogP contribution < -0.4 is 15.0 Å². The van der Waals surface area contributed by atoms with Gasteiger partial charge >= 0.3 is 0 Å². The molecule has 1 N–H and O–H groups in total. The zero-order valence-electron chi connectivity index (χ0n) is 16.4. The van der Waals surface area contributed by atoms with Gasteiger partial charge in [-0.25, -0.2) is 9.37 Å². The Hall–Kier alpha value is -2.38. The molecule has 0 bridgehead atoms. The summed E-state index contributed by atoms with van der Waals surface area (Å²) in [6.45, 7) is 8.72. The van der Waals surface area contributed by atoms with Crippen molar-refractivity contribution < 1.29 is 9.13 Å². The second kappa shape index (κ2) is 7.93. The van der Waals surface area contributed by atoms with Crippen molar-refractivity contribution in [1.29, 1.82) is 0 Å². The van der Waals surface area contributed by atoms with E-state index < -0.39 is 0 Å². The smallest absolute Gasteiger partial charge is 0.188 e. The highest BCUT2D eigenvalue weighted by Crippen LogP contribution is 2.34. The SMILES string of the molecule is COc1ccc(F)cc1Nc1nc2cc(N3CCN(C(C)C)CC3)ccc2s1. The second-order valence-electron chi connectivity index (χ2n) is 7.26. The Labute approximate surface area is 168 Å². The summed E-state index contributed by atoms with van der Waals surface area (Å²) < 4.78 is 20.0. The monoisotopic (exact) mass is 400 g/mol. The zero-order chi connectivity index (χ0) is 19.7. The fraction of sp³-hybridized carbons (Fsp3) is 0.381. The van der Waals surface area contributed by atoms with Crippen LogP contribution in [0.15, 0.2) is 36.4 Å². The number of piperazine rings is 1. The van der Waals surface area contributed by atoms with E-state index in [9.17, 15) is 4.39 Å². The number of rotatable bonds is 5. The predicted molar refractivity (Wildman–Crippen MR) is 115 cm³/mol. The van der Waals surface area contributed by atoms with Gasteiger partial charge in [-0.2, -0.15) is 0 Å². The molecule has 4 rings (SSSR count). The quantitative estimate of drug-likeness (QED) is 0.671. The number of aromatic nitrogens is 1. The first kappa shape index (κ1) is 19.0. The van der Waals surface area contributed by atoms with Crippen LogP contribution in [-0.4, -0.2) is 49.2 Å². The van der Waals surface area contributed by atoms with Gasteiger partial charge < -0.3 is 15.0 Å². The average Bonchev–Trinajstić information content (AvgIpc) is 3.09. The number of hydrogen-bond donors (Lipinski definition) is 1. The molecule has 0 spiro atoms. The summed E-state index contributed by atoms with van der Waals surface area (Å²) in [5, 5.41) is 3.92. The number of benzene rings is 2. The van der Waals surface area contributed by atoms with Crippen LogP contribution in [0.25, 0.3) is 10.2 Å². The lowest BCUT2D eigenvalue weighted by Crippen LogP contribution is -2.48. The Kier molecular flexibility index (Phi) is 5.37. The van der Waals surface area contributed by atoms with E-state index >= 15 is 0 Å². The number of thiazole rings is 1. The van der Waals surface area contributed by atoms with Crippen molar-refractivity contribution in [2.24, 2.45) is 0 Å². The summed E-state index contributed by atoms with van der Waals surface area (Å²) >= 11 is 1.55. The van der Waals surface area contributed by atoms with Crippen molar-refractivity contribution >= 4 is 38.1 Å². The van der Waals surface area contributed by atoms with Crippen molar-refractivity contribution in [1.82, 2.24) is 9.88 Å². The van der Waals surface area contributed by atoms with E-state index in [1.807, 2.05) is 0 Å². The van der Waals surface area contributed by atoms with Gasteiger partial charge in [0, 0.05) is 44.0 Å². The molecule has 1 aliphatic rings. The molecule has 0 atom stereocenters. The molecule has 0 unspecified atom stereocenters. The van der Waals surface area contributed by atoms with Crippen LogP contribution in [-0.2, 0) is 0 Å². The van der Waals surface area contributed by atoms with E-state index in [1.54, 1.807) is 24.5 Å². The van der Waals surface area contributed by atoms with Gasteiger partial charge in [0.05, 0.1) is 23.0 Å². The first-order valence-electron chi connectivity index (χ1n) is 9.53. The van der Waals surface area contributed by atoms with Crippen molar-refractivity contribution in [3.05, 3.63) is 42.2 Å². The molecule has 148 valence electrons. The molecule has 0 amide bonds.